The van der Waals surface area contributed by atoms with Crippen LogP contribution in [0.5, 0.6) is 0 Å². The second kappa shape index (κ2) is 9.73. The number of nitrogens with one attached hydrogen (secondary N) is 1. The third-order valence-corrected chi connectivity index (χ3v) is 6.44. The molecule has 0 aliphatic carbocycles. The molecule has 0 radical (unpaired) electrons. The molecule has 2 rings (SSSR count). The molecule has 1 N–H and O–H groups in total. The Morgan fingerprint density at radius 2 is 1.71 bits per heavy atom. The Balaban J connectivity index is 2.44. The quantitative estimate of drug-likeness (QED) is 0.688. The highest BCUT2D eigenvalue weighted by atomic mass is 32.2. The van der Waals surface area contributed by atoms with Crippen molar-refractivity contribution in [1.29, 1.82) is 0 Å². The first-order chi connectivity index (χ1) is 13.3. The van der Waals surface area contributed by atoms with Gasteiger partial charge >= 0.3 is 0 Å². The van der Waals surface area contributed by atoms with Crippen molar-refractivity contribution in [1.82, 2.24) is 5.32 Å². The fraction of sp³-hybridized carbons (Fsp3) is 0.409. The van der Waals surface area contributed by atoms with Crippen molar-refractivity contribution < 1.29 is 13.2 Å². The topological polar surface area (TPSA) is 66.5 Å². The average molecular weight is 403 g/mol. The highest BCUT2D eigenvalue weighted by Gasteiger charge is 2.28. The lowest BCUT2D eigenvalue weighted by atomic mass is 10.1. The molecule has 0 aromatic heterocycles. The lowest BCUT2D eigenvalue weighted by Crippen LogP contribution is -2.43. The van der Waals surface area contributed by atoms with Gasteiger partial charge in [0.15, 0.2) is 0 Å². The molecule has 0 spiro atoms. The van der Waals surface area contributed by atoms with E-state index in [2.05, 4.69) is 5.32 Å². The van der Waals surface area contributed by atoms with Gasteiger partial charge in [-0.3, -0.25) is 9.10 Å². The van der Waals surface area contributed by atoms with Crippen molar-refractivity contribution in [2.45, 2.75) is 57.9 Å². The standard InChI is InChI=1S/C22H30N2O3S/c1-5-9-18(4)23-22(25)16-24(21-11-8-7-10-19(21)6-2)28(26,27)20-14-12-17(3)13-15-20/h7-8,10-15,18H,5-6,9,16H2,1-4H3,(H,23,25). The summed E-state index contributed by atoms with van der Waals surface area (Å²) in [6.45, 7) is 7.61. The van der Waals surface area contributed by atoms with Crippen LogP contribution < -0.4 is 9.62 Å². The summed E-state index contributed by atoms with van der Waals surface area (Å²) in [6.07, 6.45) is 2.47. The Morgan fingerprint density at radius 3 is 2.32 bits per heavy atom. The van der Waals surface area contributed by atoms with Gasteiger partial charge in [-0.1, -0.05) is 56.2 Å². The Kier molecular flexibility index (Phi) is 7.63. The average Bonchev–Trinajstić information content (AvgIpc) is 2.66. The van der Waals surface area contributed by atoms with E-state index < -0.39 is 10.0 Å². The van der Waals surface area contributed by atoms with Gasteiger partial charge in [-0.2, -0.15) is 0 Å². The molecule has 0 bridgehead atoms. The largest absolute Gasteiger partial charge is 0.352 e. The molecule has 0 fully saturated rings. The van der Waals surface area contributed by atoms with Crippen LogP contribution in [-0.4, -0.2) is 26.9 Å². The van der Waals surface area contributed by atoms with Gasteiger partial charge in [0.05, 0.1) is 10.6 Å². The van der Waals surface area contributed by atoms with E-state index in [4.69, 9.17) is 0 Å². The fourth-order valence-electron chi connectivity index (χ4n) is 3.15. The molecular weight excluding hydrogens is 372 g/mol. The van der Waals surface area contributed by atoms with E-state index in [-0.39, 0.29) is 23.4 Å². The predicted molar refractivity (Wildman–Crippen MR) is 114 cm³/mol. The van der Waals surface area contributed by atoms with Gasteiger partial charge in [-0.15, -0.1) is 0 Å². The van der Waals surface area contributed by atoms with Crippen LogP contribution in [0.15, 0.2) is 53.4 Å². The van der Waals surface area contributed by atoms with Crippen molar-refractivity contribution in [2.75, 3.05) is 10.8 Å². The number of carbonyl (C=O) groups excluding carboxylic acids is 1. The van der Waals surface area contributed by atoms with Crippen LogP contribution in [0.4, 0.5) is 5.69 Å². The number of benzene rings is 2. The van der Waals surface area contributed by atoms with Crippen LogP contribution in [0, 0.1) is 6.92 Å². The van der Waals surface area contributed by atoms with Crippen molar-refractivity contribution in [3.05, 3.63) is 59.7 Å². The second-order valence-electron chi connectivity index (χ2n) is 7.06. The number of amides is 1. The number of aryl methyl sites for hydroxylation is 2. The van der Waals surface area contributed by atoms with Gasteiger partial charge in [0.2, 0.25) is 5.91 Å². The molecule has 0 aliphatic heterocycles. The minimum absolute atomic E-state index is 0.00264. The van der Waals surface area contributed by atoms with Crippen molar-refractivity contribution in [3.8, 4) is 0 Å². The highest BCUT2D eigenvalue weighted by molar-refractivity contribution is 7.92. The summed E-state index contributed by atoms with van der Waals surface area (Å²) in [5.74, 6) is -0.303. The van der Waals surface area contributed by atoms with Gasteiger partial charge in [0.1, 0.15) is 6.54 Å². The lowest BCUT2D eigenvalue weighted by molar-refractivity contribution is -0.120. The SMILES string of the molecule is CCCC(C)NC(=O)CN(c1ccccc1CC)S(=O)(=O)c1ccc(C)cc1. The molecule has 0 heterocycles. The van der Waals surface area contributed by atoms with Crippen LogP contribution in [0.3, 0.4) is 0 Å². The zero-order valence-electron chi connectivity index (χ0n) is 17.1. The Labute approximate surface area is 168 Å². The predicted octanol–water partition coefficient (Wildman–Crippen LogP) is 4.06. The maximum absolute atomic E-state index is 13.4. The summed E-state index contributed by atoms with van der Waals surface area (Å²) in [5.41, 5.74) is 2.40. The van der Waals surface area contributed by atoms with Crippen LogP contribution in [0.25, 0.3) is 0 Å². The number of sulfonamides is 1. The molecule has 28 heavy (non-hydrogen) atoms. The Hall–Kier alpha value is -2.34. The lowest BCUT2D eigenvalue weighted by Gasteiger charge is -2.27. The van der Waals surface area contributed by atoms with Gasteiger partial charge in [0.25, 0.3) is 10.0 Å². The normalized spacial score (nSPS) is 12.4. The monoisotopic (exact) mass is 402 g/mol. The number of carbonyl (C=O) groups is 1. The van der Waals surface area contributed by atoms with Gasteiger partial charge < -0.3 is 5.32 Å². The first-order valence-corrected chi connectivity index (χ1v) is 11.2. The van der Waals surface area contributed by atoms with Gasteiger partial charge in [-0.25, -0.2) is 8.42 Å². The second-order valence-corrected chi connectivity index (χ2v) is 8.93. The molecule has 2 aromatic rings. The van der Waals surface area contributed by atoms with Gasteiger partial charge in [0, 0.05) is 6.04 Å². The number of rotatable bonds is 9. The first kappa shape index (κ1) is 22.0. The van der Waals surface area contributed by atoms with E-state index in [1.807, 2.05) is 39.8 Å². The van der Waals surface area contributed by atoms with Crippen molar-refractivity contribution in [2.24, 2.45) is 0 Å². The molecule has 5 nitrogen and oxygen atoms in total. The fourth-order valence-corrected chi connectivity index (χ4v) is 4.61. The van der Waals surface area contributed by atoms with Crippen LogP contribution in [0.2, 0.25) is 0 Å². The maximum atomic E-state index is 13.4. The zero-order chi connectivity index (χ0) is 20.7. The molecule has 0 saturated heterocycles. The summed E-state index contributed by atoms with van der Waals surface area (Å²) in [6, 6.07) is 14.0. The highest BCUT2D eigenvalue weighted by Crippen LogP contribution is 2.27. The van der Waals surface area contributed by atoms with Crippen LogP contribution >= 0.6 is 0 Å². The zero-order valence-corrected chi connectivity index (χ0v) is 17.9. The number of nitrogens with zero attached hydrogens (tertiary/aromatic N) is 1. The van der Waals surface area contributed by atoms with Crippen LogP contribution in [-0.2, 0) is 21.2 Å². The molecule has 0 aliphatic rings. The number of hydrogen-bond donors (Lipinski definition) is 1. The summed E-state index contributed by atoms with van der Waals surface area (Å²) in [7, 11) is -3.87. The number of hydrogen-bond acceptors (Lipinski definition) is 3. The Bertz CT molecular complexity index is 892. The number of para-hydroxylation sites is 1. The van der Waals surface area contributed by atoms with Crippen LogP contribution in [0.1, 0.15) is 44.7 Å². The summed E-state index contributed by atoms with van der Waals surface area (Å²) >= 11 is 0. The summed E-state index contributed by atoms with van der Waals surface area (Å²) < 4.78 is 28.0. The first-order valence-electron chi connectivity index (χ1n) is 9.76. The minimum atomic E-state index is -3.87. The molecule has 152 valence electrons. The van der Waals surface area contributed by atoms with E-state index in [1.165, 1.54) is 4.31 Å². The molecule has 2 aromatic carbocycles. The molecule has 1 unspecified atom stereocenters. The number of anilines is 1. The maximum Gasteiger partial charge on any atom is 0.264 e. The molecule has 1 amide bonds. The summed E-state index contributed by atoms with van der Waals surface area (Å²) in [4.78, 5) is 12.8. The minimum Gasteiger partial charge on any atom is -0.352 e. The molecule has 1 atom stereocenters. The van der Waals surface area contributed by atoms with E-state index in [9.17, 15) is 13.2 Å². The van der Waals surface area contributed by atoms with E-state index >= 15 is 0 Å². The molecule has 0 saturated carbocycles. The van der Waals surface area contributed by atoms with Crippen molar-refractivity contribution in [3.63, 3.8) is 0 Å². The molecular formula is C22H30N2O3S. The molecule has 6 heteroatoms. The summed E-state index contributed by atoms with van der Waals surface area (Å²) in [5, 5.41) is 2.91. The third kappa shape index (κ3) is 5.35. The van der Waals surface area contributed by atoms with E-state index in [0.717, 1.165) is 24.0 Å². The van der Waals surface area contributed by atoms with E-state index in [0.29, 0.717) is 12.1 Å². The smallest absolute Gasteiger partial charge is 0.264 e. The van der Waals surface area contributed by atoms with Crippen molar-refractivity contribution >= 4 is 21.6 Å². The van der Waals surface area contributed by atoms with E-state index in [1.54, 1.807) is 36.4 Å². The Morgan fingerprint density at radius 1 is 1.07 bits per heavy atom. The van der Waals surface area contributed by atoms with Gasteiger partial charge in [-0.05, 0) is 50.5 Å². The third-order valence-electron chi connectivity index (χ3n) is 4.67.